The maximum atomic E-state index is 5.12. The van der Waals surface area contributed by atoms with E-state index >= 15 is 0 Å². The van der Waals surface area contributed by atoms with E-state index in [-0.39, 0.29) is 0 Å². The Morgan fingerprint density at radius 1 is 1.46 bits per heavy atom. The van der Waals surface area contributed by atoms with Gasteiger partial charge in [-0.1, -0.05) is 0 Å². The highest BCUT2D eigenvalue weighted by Crippen LogP contribution is 2.22. The zero-order valence-corrected chi connectivity index (χ0v) is 7.34. The van der Waals surface area contributed by atoms with Crippen LogP contribution >= 0.6 is 11.3 Å². The number of rotatable bonds is 1. The van der Waals surface area contributed by atoms with Crippen molar-refractivity contribution in [2.45, 2.75) is 0 Å². The summed E-state index contributed by atoms with van der Waals surface area (Å²) in [7, 11) is 0. The third-order valence-electron chi connectivity index (χ3n) is 1.75. The summed E-state index contributed by atoms with van der Waals surface area (Å²) in [6.07, 6.45) is 3.14. The fourth-order valence-corrected chi connectivity index (χ4v) is 1.90. The molecule has 0 aliphatic heterocycles. The molecule has 0 radical (unpaired) electrons. The number of thiophene rings is 1. The van der Waals surface area contributed by atoms with Crippen molar-refractivity contribution >= 4 is 21.7 Å². The number of fused-ring (bicyclic) bond motifs is 1. The standard InChI is InChI=1S/C8H5N3OS/c1-4-13-8-5(1)10-6(11-8)7-9-2-3-12-7/h1-4H,(H,10,11). The summed E-state index contributed by atoms with van der Waals surface area (Å²) in [4.78, 5) is 12.4. The average molecular weight is 191 g/mol. The molecule has 0 aromatic carbocycles. The molecule has 64 valence electrons. The lowest BCUT2D eigenvalue weighted by Crippen LogP contribution is -1.78. The minimum absolute atomic E-state index is 0.531. The van der Waals surface area contributed by atoms with Crippen molar-refractivity contribution < 1.29 is 4.42 Å². The van der Waals surface area contributed by atoms with Gasteiger partial charge in [-0.05, 0) is 11.4 Å². The van der Waals surface area contributed by atoms with Crippen molar-refractivity contribution in [1.82, 2.24) is 15.0 Å². The van der Waals surface area contributed by atoms with Gasteiger partial charge < -0.3 is 9.40 Å². The molecule has 5 heteroatoms. The average Bonchev–Trinajstić information content (AvgIpc) is 2.78. The summed E-state index contributed by atoms with van der Waals surface area (Å²) < 4.78 is 5.12. The van der Waals surface area contributed by atoms with Crippen LogP contribution in [0.5, 0.6) is 0 Å². The molecule has 0 saturated heterocycles. The van der Waals surface area contributed by atoms with Gasteiger partial charge in [0.05, 0.1) is 11.7 Å². The lowest BCUT2D eigenvalue weighted by molar-refractivity contribution is 0.570. The van der Waals surface area contributed by atoms with Gasteiger partial charge in [-0.15, -0.1) is 11.3 Å². The molecule has 13 heavy (non-hydrogen) atoms. The molecule has 0 fully saturated rings. The summed E-state index contributed by atoms with van der Waals surface area (Å²) in [5, 5.41) is 1.99. The number of hydrogen-bond donors (Lipinski definition) is 1. The molecule has 0 unspecified atom stereocenters. The minimum Gasteiger partial charge on any atom is -0.442 e. The normalized spacial score (nSPS) is 11.1. The monoisotopic (exact) mass is 191 g/mol. The van der Waals surface area contributed by atoms with Crippen LogP contribution in [0.25, 0.3) is 22.1 Å². The third-order valence-corrected chi connectivity index (χ3v) is 2.55. The van der Waals surface area contributed by atoms with Gasteiger partial charge in [-0.2, -0.15) is 0 Å². The van der Waals surface area contributed by atoms with Gasteiger partial charge in [0.2, 0.25) is 0 Å². The molecule has 0 amide bonds. The van der Waals surface area contributed by atoms with E-state index in [0.717, 1.165) is 10.3 Å². The number of H-pyrrole nitrogens is 1. The first-order valence-corrected chi connectivity index (χ1v) is 4.64. The zero-order valence-electron chi connectivity index (χ0n) is 6.52. The van der Waals surface area contributed by atoms with Gasteiger partial charge in [-0.25, -0.2) is 9.97 Å². The summed E-state index contributed by atoms with van der Waals surface area (Å²) in [5.74, 6) is 1.22. The van der Waals surface area contributed by atoms with Crippen LogP contribution in [0.15, 0.2) is 28.3 Å². The van der Waals surface area contributed by atoms with E-state index in [1.807, 2.05) is 11.4 Å². The smallest absolute Gasteiger partial charge is 0.262 e. The molecule has 3 heterocycles. The molecule has 3 aromatic rings. The topological polar surface area (TPSA) is 54.7 Å². The van der Waals surface area contributed by atoms with Crippen molar-refractivity contribution in [1.29, 1.82) is 0 Å². The molecule has 0 aliphatic rings. The number of nitrogens with one attached hydrogen (secondary N) is 1. The SMILES string of the molecule is c1coc(-c2nc3sccc3[nH]2)n1. The van der Waals surface area contributed by atoms with E-state index in [0.29, 0.717) is 11.7 Å². The molecule has 3 aromatic heterocycles. The predicted octanol–water partition coefficient (Wildman–Crippen LogP) is 2.28. The molecule has 0 bridgehead atoms. The molecule has 1 N–H and O–H groups in total. The van der Waals surface area contributed by atoms with Crippen LogP contribution in [0.3, 0.4) is 0 Å². The van der Waals surface area contributed by atoms with Crippen LogP contribution in [0.2, 0.25) is 0 Å². The van der Waals surface area contributed by atoms with Crippen molar-refractivity contribution in [2.75, 3.05) is 0 Å². The van der Waals surface area contributed by atoms with Crippen LogP contribution in [-0.4, -0.2) is 15.0 Å². The summed E-state index contributed by atoms with van der Waals surface area (Å²) in [5.41, 5.74) is 1.03. The Labute approximate surface area is 77.3 Å². The third kappa shape index (κ3) is 0.972. The molecular formula is C8H5N3OS. The molecule has 0 atom stereocenters. The zero-order chi connectivity index (χ0) is 8.67. The van der Waals surface area contributed by atoms with Gasteiger partial charge in [0.15, 0.2) is 5.82 Å². The van der Waals surface area contributed by atoms with Crippen LogP contribution in [0.4, 0.5) is 0 Å². The first-order chi connectivity index (χ1) is 6.43. The van der Waals surface area contributed by atoms with Crippen LogP contribution in [0, 0.1) is 0 Å². The highest BCUT2D eigenvalue weighted by molar-refractivity contribution is 7.16. The molecule has 4 nitrogen and oxygen atoms in total. The lowest BCUT2D eigenvalue weighted by Gasteiger charge is -1.84. The number of aromatic nitrogens is 3. The predicted molar refractivity (Wildman–Crippen MR) is 49.5 cm³/mol. The minimum atomic E-state index is 0.531. The van der Waals surface area contributed by atoms with Gasteiger partial charge in [-0.3, -0.25) is 0 Å². The van der Waals surface area contributed by atoms with Crippen LogP contribution in [-0.2, 0) is 0 Å². The highest BCUT2D eigenvalue weighted by atomic mass is 32.1. The number of imidazole rings is 1. The van der Waals surface area contributed by atoms with Gasteiger partial charge in [0.1, 0.15) is 11.1 Å². The first-order valence-electron chi connectivity index (χ1n) is 3.76. The Morgan fingerprint density at radius 3 is 3.23 bits per heavy atom. The lowest BCUT2D eigenvalue weighted by atomic mass is 10.6. The van der Waals surface area contributed by atoms with Crippen molar-refractivity contribution in [3.63, 3.8) is 0 Å². The van der Waals surface area contributed by atoms with Crippen molar-refractivity contribution in [3.05, 3.63) is 23.9 Å². The second-order valence-electron chi connectivity index (χ2n) is 2.56. The molecule has 0 spiro atoms. The Balaban J connectivity index is 2.23. The summed E-state index contributed by atoms with van der Waals surface area (Å²) in [6, 6.07) is 1.99. The van der Waals surface area contributed by atoms with Crippen molar-refractivity contribution in [3.8, 4) is 11.7 Å². The van der Waals surface area contributed by atoms with E-state index in [4.69, 9.17) is 4.42 Å². The van der Waals surface area contributed by atoms with Gasteiger partial charge in [0.25, 0.3) is 5.89 Å². The van der Waals surface area contributed by atoms with E-state index in [1.54, 1.807) is 17.5 Å². The van der Waals surface area contributed by atoms with E-state index < -0.39 is 0 Å². The fourth-order valence-electron chi connectivity index (χ4n) is 1.18. The Kier molecular flexibility index (Phi) is 1.28. The number of hydrogen-bond acceptors (Lipinski definition) is 4. The largest absolute Gasteiger partial charge is 0.442 e. The van der Waals surface area contributed by atoms with Crippen molar-refractivity contribution in [2.24, 2.45) is 0 Å². The first kappa shape index (κ1) is 6.85. The van der Waals surface area contributed by atoms with Gasteiger partial charge in [0, 0.05) is 0 Å². The van der Waals surface area contributed by atoms with Crippen LogP contribution in [0.1, 0.15) is 0 Å². The maximum Gasteiger partial charge on any atom is 0.262 e. The summed E-state index contributed by atoms with van der Waals surface area (Å²) >= 11 is 1.59. The number of aromatic amines is 1. The molecule has 3 rings (SSSR count). The Morgan fingerprint density at radius 2 is 2.46 bits per heavy atom. The molecule has 0 saturated carbocycles. The fraction of sp³-hybridized carbons (Fsp3) is 0. The number of oxazole rings is 1. The quantitative estimate of drug-likeness (QED) is 0.642. The molecular weight excluding hydrogens is 186 g/mol. The second-order valence-corrected chi connectivity index (χ2v) is 3.46. The summed E-state index contributed by atoms with van der Waals surface area (Å²) in [6.45, 7) is 0. The number of nitrogens with zero attached hydrogens (tertiary/aromatic N) is 2. The molecule has 0 aliphatic carbocycles. The van der Waals surface area contributed by atoms with Gasteiger partial charge >= 0.3 is 0 Å². The maximum absolute atomic E-state index is 5.12. The Hall–Kier alpha value is -1.62. The second kappa shape index (κ2) is 2.43. The van der Waals surface area contributed by atoms with E-state index in [1.165, 1.54) is 6.26 Å². The van der Waals surface area contributed by atoms with Crippen LogP contribution < -0.4 is 0 Å². The Bertz CT molecular complexity index is 494. The van der Waals surface area contributed by atoms with E-state index in [9.17, 15) is 0 Å². The van der Waals surface area contributed by atoms with E-state index in [2.05, 4.69) is 15.0 Å². The highest BCUT2D eigenvalue weighted by Gasteiger charge is 2.08.